The van der Waals surface area contributed by atoms with Crippen molar-refractivity contribution in [3.8, 4) is 17.7 Å². The summed E-state index contributed by atoms with van der Waals surface area (Å²) in [4.78, 5) is 11.4. The van der Waals surface area contributed by atoms with Crippen LogP contribution in [-0.4, -0.2) is 42.8 Å². The molecule has 0 radical (unpaired) electrons. The number of anilines is 2. The summed E-state index contributed by atoms with van der Waals surface area (Å²) in [5.41, 5.74) is 3.04. The molecule has 34 heavy (non-hydrogen) atoms. The lowest BCUT2D eigenvalue weighted by molar-refractivity contribution is 0.315. The van der Waals surface area contributed by atoms with Crippen molar-refractivity contribution in [1.82, 2.24) is 9.97 Å². The van der Waals surface area contributed by atoms with Gasteiger partial charge in [0.15, 0.2) is 11.4 Å². The third-order valence-corrected chi connectivity index (χ3v) is 5.64. The molecule has 1 aliphatic rings. The molecular formula is C27H29N5O2. The van der Waals surface area contributed by atoms with Crippen molar-refractivity contribution >= 4 is 11.8 Å². The lowest BCUT2D eigenvalue weighted by Crippen LogP contribution is -2.28. The highest BCUT2D eigenvalue weighted by Crippen LogP contribution is 2.29. The third kappa shape index (κ3) is 5.84. The lowest BCUT2D eigenvalue weighted by atomic mass is 10.0. The smallest absolute Gasteiger partial charge is 0.239 e. The first-order valence-electron chi connectivity index (χ1n) is 11.6. The molecule has 0 saturated heterocycles. The Kier molecular flexibility index (Phi) is 7.96. The van der Waals surface area contributed by atoms with Gasteiger partial charge >= 0.3 is 0 Å². The van der Waals surface area contributed by atoms with Crippen molar-refractivity contribution in [2.24, 2.45) is 0 Å². The monoisotopic (exact) mass is 455 g/mol. The minimum atomic E-state index is 0.265. The second kappa shape index (κ2) is 11.7. The standard InChI is InChI=1S/C27H29N5O2/c1-2-18-34-26-24(20-28)25(32-16-13-21-9-6-7-10-22(21)14-17-32)30-27(31-26)29-15-8-19-33-23-11-4-3-5-12-23/h2-7,9-12H,1,8,13-19H2,(H,29,30,31). The maximum absolute atomic E-state index is 9.92. The molecule has 1 aromatic heterocycles. The fourth-order valence-electron chi connectivity index (χ4n) is 3.94. The number of nitrogens with zero attached hydrogens (tertiary/aromatic N) is 4. The first kappa shape index (κ1) is 23.1. The van der Waals surface area contributed by atoms with E-state index < -0.39 is 0 Å². The van der Waals surface area contributed by atoms with Crippen LogP contribution in [-0.2, 0) is 12.8 Å². The summed E-state index contributed by atoms with van der Waals surface area (Å²) in [7, 11) is 0. The Labute approximate surface area is 200 Å². The van der Waals surface area contributed by atoms with Gasteiger partial charge in [-0.25, -0.2) is 0 Å². The fraction of sp³-hybridized carbons (Fsp3) is 0.296. The summed E-state index contributed by atoms with van der Waals surface area (Å²) in [5.74, 6) is 2.17. The molecule has 3 aromatic rings. The zero-order valence-corrected chi connectivity index (χ0v) is 19.2. The summed E-state index contributed by atoms with van der Waals surface area (Å²) in [6, 6.07) is 20.5. The highest BCUT2D eigenvalue weighted by Gasteiger charge is 2.23. The topological polar surface area (TPSA) is 83.3 Å². The van der Waals surface area contributed by atoms with E-state index in [1.54, 1.807) is 6.08 Å². The minimum absolute atomic E-state index is 0.265. The third-order valence-electron chi connectivity index (χ3n) is 5.64. The average Bonchev–Trinajstić information content (AvgIpc) is 3.10. The van der Waals surface area contributed by atoms with Gasteiger partial charge in [-0.15, -0.1) is 0 Å². The number of fused-ring (bicyclic) bond motifs is 1. The number of ether oxygens (including phenoxy) is 2. The normalized spacial score (nSPS) is 12.7. The molecule has 0 bridgehead atoms. The van der Waals surface area contributed by atoms with Gasteiger partial charge in [-0.1, -0.05) is 55.1 Å². The average molecular weight is 456 g/mol. The number of aromatic nitrogens is 2. The molecule has 0 spiro atoms. The molecule has 1 N–H and O–H groups in total. The van der Waals surface area contributed by atoms with E-state index in [9.17, 15) is 5.26 Å². The molecule has 0 saturated carbocycles. The summed E-state index contributed by atoms with van der Waals surface area (Å²) < 4.78 is 11.5. The molecule has 0 fully saturated rings. The molecular weight excluding hydrogens is 426 g/mol. The van der Waals surface area contributed by atoms with E-state index in [0.29, 0.717) is 30.5 Å². The van der Waals surface area contributed by atoms with E-state index in [1.807, 2.05) is 30.3 Å². The van der Waals surface area contributed by atoms with Crippen LogP contribution in [0.2, 0.25) is 0 Å². The number of nitrogens with one attached hydrogen (secondary N) is 1. The summed E-state index contributed by atoms with van der Waals surface area (Å²) in [6.07, 6.45) is 4.20. The van der Waals surface area contributed by atoms with E-state index >= 15 is 0 Å². The Hall–Kier alpha value is -4.05. The molecule has 0 aliphatic carbocycles. The van der Waals surface area contributed by atoms with E-state index in [0.717, 1.165) is 38.1 Å². The van der Waals surface area contributed by atoms with Gasteiger partial charge in [0.1, 0.15) is 18.4 Å². The first-order chi connectivity index (χ1) is 16.8. The van der Waals surface area contributed by atoms with Gasteiger partial charge in [0, 0.05) is 19.6 Å². The Morgan fingerprint density at radius 3 is 2.38 bits per heavy atom. The van der Waals surface area contributed by atoms with E-state index in [-0.39, 0.29) is 12.5 Å². The van der Waals surface area contributed by atoms with E-state index in [4.69, 9.17) is 14.5 Å². The van der Waals surface area contributed by atoms with Crippen LogP contribution in [0, 0.1) is 11.3 Å². The zero-order chi connectivity index (χ0) is 23.6. The fourth-order valence-corrected chi connectivity index (χ4v) is 3.94. The van der Waals surface area contributed by atoms with Crippen LogP contribution in [0.4, 0.5) is 11.8 Å². The number of hydrogen-bond donors (Lipinski definition) is 1. The SMILES string of the molecule is C=CCOc1nc(NCCCOc2ccccc2)nc(N2CCc3ccccc3CC2)c1C#N. The number of benzene rings is 2. The van der Waals surface area contributed by atoms with Crippen LogP contribution in [0.1, 0.15) is 23.1 Å². The van der Waals surface area contributed by atoms with Crippen LogP contribution >= 0.6 is 0 Å². The van der Waals surface area contributed by atoms with Crippen molar-refractivity contribution < 1.29 is 9.47 Å². The molecule has 2 aromatic carbocycles. The number of para-hydroxylation sites is 1. The largest absolute Gasteiger partial charge is 0.494 e. The molecule has 4 rings (SSSR count). The van der Waals surface area contributed by atoms with Crippen molar-refractivity contribution in [3.63, 3.8) is 0 Å². The summed E-state index contributed by atoms with van der Waals surface area (Å²) >= 11 is 0. The van der Waals surface area contributed by atoms with Crippen molar-refractivity contribution in [1.29, 1.82) is 5.26 Å². The van der Waals surface area contributed by atoms with Crippen molar-refractivity contribution in [2.45, 2.75) is 19.3 Å². The predicted octanol–water partition coefficient (Wildman–Crippen LogP) is 4.40. The van der Waals surface area contributed by atoms with E-state index in [2.05, 4.69) is 52.1 Å². The van der Waals surface area contributed by atoms with Gasteiger partial charge in [-0.3, -0.25) is 0 Å². The predicted molar refractivity (Wildman–Crippen MR) is 134 cm³/mol. The molecule has 1 aliphatic heterocycles. The highest BCUT2D eigenvalue weighted by atomic mass is 16.5. The lowest BCUT2D eigenvalue weighted by Gasteiger charge is -2.24. The Morgan fingerprint density at radius 2 is 1.71 bits per heavy atom. The van der Waals surface area contributed by atoms with Crippen LogP contribution in [0.25, 0.3) is 0 Å². The van der Waals surface area contributed by atoms with Crippen molar-refractivity contribution in [2.75, 3.05) is 43.1 Å². The maximum Gasteiger partial charge on any atom is 0.239 e. The van der Waals surface area contributed by atoms with Gasteiger partial charge in [0.05, 0.1) is 6.61 Å². The quantitative estimate of drug-likeness (QED) is 0.358. The van der Waals surface area contributed by atoms with Crippen LogP contribution in [0.15, 0.2) is 67.3 Å². The highest BCUT2D eigenvalue weighted by molar-refractivity contribution is 5.61. The number of hydrogen-bond acceptors (Lipinski definition) is 7. The van der Waals surface area contributed by atoms with E-state index in [1.165, 1.54) is 11.1 Å². The molecule has 0 atom stereocenters. The summed E-state index contributed by atoms with van der Waals surface area (Å²) in [6.45, 7) is 6.72. The molecule has 7 nitrogen and oxygen atoms in total. The maximum atomic E-state index is 9.92. The van der Waals surface area contributed by atoms with Crippen LogP contribution in [0.3, 0.4) is 0 Å². The van der Waals surface area contributed by atoms with Crippen molar-refractivity contribution in [3.05, 3.63) is 83.9 Å². The molecule has 2 heterocycles. The van der Waals surface area contributed by atoms with Gasteiger partial charge in [0.25, 0.3) is 0 Å². The zero-order valence-electron chi connectivity index (χ0n) is 19.2. The Bertz CT molecular complexity index is 1120. The molecule has 7 heteroatoms. The number of nitriles is 1. The van der Waals surface area contributed by atoms with Gasteiger partial charge < -0.3 is 19.7 Å². The molecule has 174 valence electrons. The van der Waals surface area contributed by atoms with Gasteiger partial charge in [-0.2, -0.15) is 15.2 Å². The second-order valence-electron chi connectivity index (χ2n) is 7.96. The second-order valence-corrected chi connectivity index (χ2v) is 7.96. The summed E-state index contributed by atoms with van der Waals surface area (Å²) in [5, 5.41) is 13.2. The molecule has 0 unspecified atom stereocenters. The Balaban J connectivity index is 1.48. The van der Waals surface area contributed by atoms with Crippen LogP contribution in [0.5, 0.6) is 11.6 Å². The number of rotatable bonds is 10. The Morgan fingerprint density at radius 1 is 1.00 bits per heavy atom. The van der Waals surface area contributed by atoms with Gasteiger partial charge in [0.2, 0.25) is 11.8 Å². The minimum Gasteiger partial charge on any atom is -0.494 e. The van der Waals surface area contributed by atoms with Crippen LogP contribution < -0.4 is 19.7 Å². The first-order valence-corrected chi connectivity index (χ1v) is 11.6. The molecule has 0 amide bonds. The van der Waals surface area contributed by atoms with Gasteiger partial charge in [-0.05, 0) is 42.5 Å².